The fourth-order valence-corrected chi connectivity index (χ4v) is 5.01. The molecule has 0 bridgehead atoms. The first-order chi connectivity index (χ1) is 7.53. The van der Waals surface area contributed by atoms with Crippen molar-refractivity contribution in [2.45, 2.75) is 17.7 Å². The van der Waals surface area contributed by atoms with Gasteiger partial charge in [0.2, 0.25) is 0 Å². The molecule has 2 aliphatic rings. The third kappa shape index (κ3) is 1.57. The van der Waals surface area contributed by atoms with Crippen LogP contribution in [0, 0.1) is 5.41 Å². The van der Waals surface area contributed by atoms with E-state index in [-0.39, 0.29) is 11.2 Å². The average molecular weight is 302 g/mol. The lowest BCUT2D eigenvalue weighted by Crippen LogP contribution is -2.20. The van der Waals surface area contributed by atoms with E-state index in [2.05, 4.69) is 21.2 Å². The molecule has 1 N–H and O–H groups in total. The van der Waals surface area contributed by atoms with E-state index < -0.39 is 9.84 Å². The Morgan fingerprint density at radius 2 is 2.06 bits per heavy atom. The number of halogens is 1. The minimum atomic E-state index is -3.14. The zero-order valence-corrected chi connectivity index (χ0v) is 11.1. The minimum Gasteiger partial charge on any atom is -0.382 e. The summed E-state index contributed by atoms with van der Waals surface area (Å²) in [7, 11) is -3.14. The number of benzene rings is 1. The van der Waals surface area contributed by atoms with Gasteiger partial charge in [-0.05, 0) is 40.9 Å². The molecule has 1 fully saturated rings. The number of sulfone groups is 1. The Labute approximate surface area is 103 Å². The Balaban J connectivity index is 2.18. The van der Waals surface area contributed by atoms with E-state index >= 15 is 0 Å². The summed E-state index contributed by atoms with van der Waals surface area (Å²) < 4.78 is 25.3. The smallest absolute Gasteiger partial charge is 0.181 e. The van der Waals surface area contributed by atoms with Gasteiger partial charge in [-0.3, -0.25) is 0 Å². The fraction of sp³-hybridized carbons (Fsp3) is 0.455. The van der Waals surface area contributed by atoms with Crippen LogP contribution in [0.2, 0.25) is 0 Å². The zero-order valence-electron chi connectivity index (χ0n) is 8.66. The standard InChI is InChI=1S/C11H12BrNO2S/c12-8-2-1-3-9-10(8)13-6-11(4-5-11)7-16(9,14)15/h1-3,13H,4-7H2. The Morgan fingerprint density at radius 3 is 2.75 bits per heavy atom. The van der Waals surface area contributed by atoms with Gasteiger partial charge in [-0.2, -0.15) is 0 Å². The van der Waals surface area contributed by atoms with Gasteiger partial charge in [0.05, 0.1) is 16.3 Å². The minimum absolute atomic E-state index is 0.00269. The normalized spacial score (nSPS) is 24.3. The first kappa shape index (κ1) is 10.6. The van der Waals surface area contributed by atoms with Crippen LogP contribution in [0.3, 0.4) is 0 Å². The summed E-state index contributed by atoms with van der Waals surface area (Å²) in [5, 5.41) is 3.28. The lowest BCUT2D eigenvalue weighted by Gasteiger charge is -2.10. The number of nitrogens with one attached hydrogen (secondary N) is 1. The van der Waals surface area contributed by atoms with Crippen LogP contribution < -0.4 is 5.32 Å². The fourth-order valence-electron chi connectivity index (χ4n) is 2.24. The second-order valence-electron chi connectivity index (χ2n) is 4.73. The largest absolute Gasteiger partial charge is 0.382 e. The van der Waals surface area contributed by atoms with Crippen LogP contribution in [-0.2, 0) is 9.84 Å². The van der Waals surface area contributed by atoms with E-state index in [0.717, 1.165) is 29.5 Å². The number of hydrogen-bond acceptors (Lipinski definition) is 3. The Kier molecular flexibility index (Phi) is 2.14. The van der Waals surface area contributed by atoms with Crippen LogP contribution in [0.1, 0.15) is 12.8 Å². The maximum atomic E-state index is 12.2. The molecule has 0 unspecified atom stereocenters. The second kappa shape index (κ2) is 3.23. The van der Waals surface area contributed by atoms with E-state index in [9.17, 15) is 8.42 Å². The van der Waals surface area contributed by atoms with Crippen molar-refractivity contribution >= 4 is 31.5 Å². The molecule has 16 heavy (non-hydrogen) atoms. The van der Waals surface area contributed by atoms with Crippen molar-refractivity contribution in [1.82, 2.24) is 0 Å². The van der Waals surface area contributed by atoms with E-state index in [1.807, 2.05) is 6.07 Å². The number of fused-ring (bicyclic) bond motifs is 1. The molecule has 0 aromatic heterocycles. The predicted molar refractivity (Wildman–Crippen MR) is 66.4 cm³/mol. The zero-order chi connectivity index (χ0) is 11.4. The van der Waals surface area contributed by atoms with Crippen molar-refractivity contribution in [2.24, 2.45) is 5.41 Å². The number of hydrogen-bond donors (Lipinski definition) is 1. The van der Waals surface area contributed by atoms with Gasteiger partial charge < -0.3 is 5.32 Å². The predicted octanol–water partition coefficient (Wildman–Crippen LogP) is 2.43. The molecular formula is C11H12BrNO2S. The summed E-state index contributed by atoms with van der Waals surface area (Å²) >= 11 is 3.40. The number of anilines is 1. The molecular weight excluding hydrogens is 290 g/mol. The third-order valence-corrected chi connectivity index (χ3v) is 6.07. The topological polar surface area (TPSA) is 46.2 Å². The summed E-state index contributed by atoms with van der Waals surface area (Å²) in [6, 6.07) is 5.32. The van der Waals surface area contributed by atoms with Gasteiger partial charge in [-0.15, -0.1) is 0 Å². The lowest BCUT2D eigenvalue weighted by molar-refractivity contribution is 0.562. The molecule has 0 saturated heterocycles. The van der Waals surface area contributed by atoms with Crippen LogP contribution in [0.15, 0.2) is 27.6 Å². The maximum Gasteiger partial charge on any atom is 0.181 e. The Morgan fingerprint density at radius 1 is 1.31 bits per heavy atom. The summed E-state index contributed by atoms with van der Waals surface area (Å²) in [5.74, 6) is 0.288. The molecule has 1 aliphatic heterocycles. The van der Waals surface area contributed by atoms with Gasteiger partial charge in [-0.25, -0.2) is 8.42 Å². The van der Waals surface area contributed by atoms with Crippen LogP contribution in [0.5, 0.6) is 0 Å². The van der Waals surface area contributed by atoms with E-state index in [1.165, 1.54) is 0 Å². The summed E-state index contributed by atoms with van der Waals surface area (Å²) in [6.07, 6.45) is 2.04. The van der Waals surface area contributed by atoms with Crippen molar-refractivity contribution < 1.29 is 8.42 Å². The van der Waals surface area contributed by atoms with Gasteiger partial charge in [0.25, 0.3) is 0 Å². The molecule has 3 nitrogen and oxygen atoms in total. The van der Waals surface area contributed by atoms with Crippen molar-refractivity contribution in [3.63, 3.8) is 0 Å². The van der Waals surface area contributed by atoms with Crippen LogP contribution >= 0.6 is 15.9 Å². The molecule has 5 heteroatoms. The molecule has 0 atom stereocenters. The maximum absolute atomic E-state index is 12.2. The highest BCUT2D eigenvalue weighted by Crippen LogP contribution is 2.50. The van der Waals surface area contributed by atoms with Gasteiger partial charge >= 0.3 is 0 Å². The van der Waals surface area contributed by atoms with Gasteiger partial charge in [0, 0.05) is 16.4 Å². The van der Waals surface area contributed by atoms with Gasteiger partial charge in [0.15, 0.2) is 9.84 Å². The molecule has 1 heterocycles. The highest BCUT2D eigenvalue weighted by atomic mass is 79.9. The third-order valence-electron chi connectivity index (χ3n) is 3.40. The quantitative estimate of drug-likeness (QED) is 0.800. The van der Waals surface area contributed by atoms with Crippen molar-refractivity contribution in [2.75, 3.05) is 17.6 Å². The molecule has 3 rings (SSSR count). The van der Waals surface area contributed by atoms with Gasteiger partial charge in [-0.1, -0.05) is 6.07 Å². The molecule has 0 radical (unpaired) electrons. The first-order valence-electron chi connectivity index (χ1n) is 5.28. The Hall–Kier alpha value is -0.550. The van der Waals surface area contributed by atoms with Gasteiger partial charge in [0.1, 0.15) is 0 Å². The second-order valence-corrected chi connectivity index (χ2v) is 7.54. The summed E-state index contributed by atoms with van der Waals surface area (Å²) in [6.45, 7) is 0.766. The summed E-state index contributed by atoms with van der Waals surface area (Å²) in [4.78, 5) is 0.436. The van der Waals surface area contributed by atoms with E-state index in [0.29, 0.717) is 4.90 Å². The number of para-hydroxylation sites is 1. The first-order valence-corrected chi connectivity index (χ1v) is 7.72. The molecule has 0 amide bonds. The van der Waals surface area contributed by atoms with E-state index in [4.69, 9.17) is 0 Å². The van der Waals surface area contributed by atoms with E-state index in [1.54, 1.807) is 12.1 Å². The number of rotatable bonds is 0. The highest BCUT2D eigenvalue weighted by molar-refractivity contribution is 9.10. The molecule has 1 aromatic carbocycles. The molecule has 1 spiro atoms. The van der Waals surface area contributed by atoms with Crippen molar-refractivity contribution in [3.05, 3.63) is 22.7 Å². The summed E-state index contributed by atoms with van der Waals surface area (Å²) in [5.41, 5.74) is 0.725. The highest BCUT2D eigenvalue weighted by Gasteiger charge is 2.48. The molecule has 1 aliphatic carbocycles. The van der Waals surface area contributed by atoms with Crippen LogP contribution in [0.25, 0.3) is 0 Å². The SMILES string of the molecule is O=S1(=O)CC2(CC2)CNc2c(Br)cccc21. The molecule has 86 valence electrons. The average Bonchev–Trinajstić information content (AvgIpc) is 2.96. The lowest BCUT2D eigenvalue weighted by atomic mass is 10.1. The molecule has 1 saturated carbocycles. The molecule has 1 aromatic rings. The van der Waals surface area contributed by atoms with Crippen molar-refractivity contribution in [3.8, 4) is 0 Å². The van der Waals surface area contributed by atoms with Crippen LogP contribution in [0.4, 0.5) is 5.69 Å². The van der Waals surface area contributed by atoms with Crippen LogP contribution in [-0.4, -0.2) is 20.7 Å². The van der Waals surface area contributed by atoms with Crippen molar-refractivity contribution in [1.29, 1.82) is 0 Å². The monoisotopic (exact) mass is 301 g/mol. The Bertz CT molecular complexity index is 549.